The molecular weight excluding hydrogens is 417 g/mol. The molecule has 25 heavy (non-hydrogen) atoms. The summed E-state index contributed by atoms with van der Waals surface area (Å²) < 4.78 is 32.2. The summed E-state index contributed by atoms with van der Waals surface area (Å²) in [4.78, 5) is 0. The predicted molar refractivity (Wildman–Crippen MR) is 94.8 cm³/mol. The molecule has 1 saturated carbocycles. The number of rotatable bonds is 7. The average molecular weight is 432 g/mol. The molecule has 1 aromatic carbocycles. The van der Waals surface area contributed by atoms with Crippen molar-refractivity contribution in [3.05, 3.63) is 34.2 Å². The van der Waals surface area contributed by atoms with E-state index in [1.165, 1.54) is 18.2 Å². The van der Waals surface area contributed by atoms with Crippen molar-refractivity contribution >= 4 is 44.8 Å². The number of nitrogens with one attached hydrogen (secondary N) is 4. The lowest BCUT2D eigenvalue weighted by atomic mass is 10.2. The minimum Gasteiger partial charge on any atom is -0.579 e. The summed E-state index contributed by atoms with van der Waals surface area (Å²) in [5.74, 6) is -0.195. The molecule has 134 valence electrons. The maximum absolute atomic E-state index is 13.3. The Balaban J connectivity index is 1.64. The normalized spacial score (nSPS) is 16.3. The molecular formula is C13H15BrFN7O2S. The molecule has 0 amide bonds. The predicted octanol–water partition coefficient (Wildman–Crippen LogP) is 1.48. The van der Waals surface area contributed by atoms with Gasteiger partial charge in [-0.05, 0) is 57.3 Å². The highest BCUT2D eigenvalue weighted by molar-refractivity contribution is 9.10. The van der Waals surface area contributed by atoms with Gasteiger partial charge in [-0.15, -0.1) is 9.86 Å². The van der Waals surface area contributed by atoms with Crippen molar-refractivity contribution in [3.63, 3.8) is 0 Å². The van der Waals surface area contributed by atoms with E-state index < -0.39 is 17.4 Å². The highest BCUT2D eigenvalue weighted by Crippen LogP contribution is 2.36. The van der Waals surface area contributed by atoms with Gasteiger partial charge in [0, 0.05) is 12.2 Å². The lowest BCUT2D eigenvalue weighted by molar-refractivity contribution is 0.307. The topological polar surface area (TPSA) is 148 Å². The molecule has 6 N–H and O–H groups in total. The van der Waals surface area contributed by atoms with Crippen LogP contribution in [-0.4, -0.2) is 32.8 Å². The number of hydrogen-bond acceptors (Lipinski definition) is 8. The summed E-state index contributed by atoms with van der Waals surface area (Å²) in [5, 5.41) is 26.6. The highest BCUT2D eigenvalue weighted by atomic mass is 79.9. The maximum Gasteiger partial charge on any atom is 0.202 e. The van der Waals surface area contributed by atoms with Crippen LogP contribution in [0.3, 0.4) is 0 Å². The first-order chi connectivity index (χ1) is 11.9. The molecule has 0 bridgehead atoms. The van der Waals surface area contributed by atoms with Crippen molar-refractivity contribution in [2.75, 3.05) is 17.2 Å². The second-order valence-corrected chi connectivity index (χ2v) is 7.28. The quantitative estimate of drug-likeness (QED) is 0.251. The van der Waals surface area contributed by atoms with E-state index in [4.69, 9.17) is 15.2 Å². The number of nitrogens with two attached hydrogens (primary N) is 1. The average Bonchev–Trinajstić information content (AvgIpc) is 3.13. The van der Waals surface area contributed by atoms with Crippen LogP contribution in [0.1, 0.15) is 18.5 Å². The van der Waals surface area contributed by atoms with Crippen LogP contribution in [0.15, 0.2) is 27.3 Å². The van der Waals surface area contributed by atoms with Crippen LogP contribution in [0, 0.1) is 11.2 Å². The van der Waals surface area contributed by atoms with E-state index in [1.54, 1.807) is 0 Å². The minimum atomic E-state index is -1.60. The number of hydrogen-bond donors (Lipinski definition) is 5. The molecule has 1 atom stereocenters. The van der Waals surface area contributed by atoms with Crippen molar-refractivity contribution in [2.45, 2.75) is 18.4 Å². The molecule has 0 aliphatic heterocycles. The van der Waals surface area contributed by atoms with Crippen LogP contribution >= 0.6 is 15.9 Å². The number of anilines is 2. The van der Waals surface area contributed by atoms with Gasteiger partial charge in [-0.3, -0.25) is 5.41 Å². The Morgan fingerprint density at radius 3 is 2.88 bits per heavy atom. The lowest BCUT2D eigenvalue weighted by Gasteiger charge is -2.16. The number of aromatic nitrogens is 2. The van der Waals surface area contributed by atoms with Crippen molar-refractivity contribution in [1.82, 2.24) is 15.0 Å². The second-order valence-electron chi connectivity index (χ2n) is 5.62. The van der Waals surface area contributed by atoms with Gasteiger partial charge in [0.2, 0.25) is 5.82 Å². The Kier molecular flexibility index (Phi) is 5.24. The third-order valence-corrected chi connectivity index (χ3v) is 4.92. The van der Waals surface area contributed by atoms with Gasteiger partial charge in [-0.25, -0.2) is 9.02 Å². The van der Waals surface area contributed by atoms with Crippen molar-refractivity contribution < 1.29 is 13.6 Å². The van der Waals surface area contributed by atoms with Gasteiger partial charge in [0.1, 0.15) is 17.4 Å². The molecule has 1 aliphatic carbocycles. The molecule has 1 unspecified atom stereocenters. The Morgan fingerprint density at radius 1 is 1.48 bits per heavy atom. The standard InChI is InChI=1S/C13H15BrFN7O2S/c14-8-5-7(1-2-9(8)15)19-11(16)10-12(21-24-20-10)18-6-13(3-4-13)22-25(17)23/h1-2,5,22H,3-4,6,17H2,(H2,16,19)(H,18,21). The van der Waals surface area contributed by atoms with Gasteiger partial charge in [0.25, 0.3) is 0 Å². The molecule has 0 spiro atoms. The maximum atomic E-state index is 13.3. The number of amidine groups is 1. The summed E-state index contributed by atoms with van der Waals surface area (Å²) >= 11 is 1.48. The minimum absolute atomic E-state index is 0.0672. The Labute approximate surface area is 154 Å². The molecule has 9 nitrogen and oxygen atoms in total. The van der Waals surface area contributed by atoms with E-state index in [1.807, 2.05) is 0 Å². The van der Waals surface area contributed by atoms with Gasteiger partial charge < -0.3 is 15.2 Å². The highest BCUT2D eigenvalue weighted by Gasteiger charge is 2.46. The molecule has 2 aromatic rings. The van der Waals surface area contributed by atoms with E-state index in [0.717, 1.165) is 12.8 Å². The van der Waals surface area contributed by atoms with Crippen LogP contribution < -0.4 is 20.5 Å². The first kappa shape index (κ1) is 18.1. The number of benzene rings is 1. The summed E-state index contributed by atoms with van der Waals surface area (Å²) in [5.41, 5.74) is 0.323. The van der Waals surface area contributed by atoms with E-state index in [0.29, 0.717) is 12.2 Å². The van der Waals surface area contributed by atoms with Crippen LogP contribution in [0.5, 0.6) is 0 Å². The molecule has 3 rings (SSSR count). The van der Waals surface area contributed by atoms with Crippen molar-refractivity contribution in [2.24, 2.45) is 5.14 Å². The zero-order valence-electron chi connectivity index (χ0n) is 12.8. The van der Waals surface area contributed by atoms with Gasteiger partial charge in [0.15, 0.2) is 11.5 Å². The van der Waals surface area contributed by atoms with Crippen LogP contribution in [0.25, 0.3) is 0 Å². The van der Waals surface area contributed by atoms with Gasteiger partial charge in [0.05, 0.1) is 10.0 Å². The molecule has 0 saturated heterocycles. The van der Waals surface area contributed by atoms with Crippen LogP contribution in [-0.2, 0) is 11.5 Å². The van der Waals surface area contributed by atoms with Crippen LogP contribution in [0.4, 0.5) is 15.9 Å². The number of halogens is 2. The molecule has 0 radical (unpaired) electrons. The van der Waals surface area contributed by atoms with Gasteiger partial charge in [-0.2, -0.15) is 0 Å². The molecule has 1 heterocycles. The smallest absolute Gasteiger partial charge is 0.202 e. The third-order valence-electron chi connectivity index (χ3n) is 3.68. The lowest BCUT2D eigenvalue weighted by Crippen LogP contribution is -2.45. The summed E-state index contributed by atoms with van der Waals surface area (Å²) in [6, 6.07) is 4.27. The van der Waals surface area contributed by atoms with E-state index in [2.05, 4.69) is 41.6 Å². The summed E-state index contributed by atoms with van der Waals surface area (Å²) in [6.45, 7) is 0.409. The Hall–Kier alpha value is -1.73. The summed E-state index contributed by atoms with van der Waals surface area (Å²) in [6.07, 6.45) is 1.64. The molecule has 1 fully saturated rings. The zero-order valence-corrected chi connectivity index (χ0v) is 15.2. The molecule has 12 heteroatoms. The van der Waals surface area contributed by atoms with Gasteiger partial charge >= 0.3 is 0 Å². The fourth-order valence-electron chi connectivity index (χ4n) is 2.18. The van der Waals surface area contributed by atoms with E-state index >= 15 is 0 Å². The molecule has 1 aliphatic rings. The Morgan fingerprint density at radius 2 is 2.24 bits per heavy atom. The first-order valence-corrected chi connectivity index (χ1v) is 9.21. The van der Waals surface area contributed by atoms with Crippen LogP contribution in [0.2, 0.25) is 0 Å². The summed E-state index contributed by atoms with van der Waals surface area (Å²) in [7, 11) is 0. The fraction of sp³-hybridized carbons (Fsp3) is 0.308. The Bertz CT molecular complexity index is 783. The van der Waals surface area contributed by atoms with E-state index in [9.17, 15) is 8.94 Å². The number of nitrogens with zero attached hydrogens (tertiary/aromatic N) is 2. The largest absolute Gasteiger partial charge is 0.579 e. The first-order valence-electron chi connectivity index (χ1n) is 7.20. The monoisotopic (exact) mass is 431 g/mol. The van der Waals surface area contributed by atoms with Gasteiger partial charge in [-0.1, -0.05) is 0 Å². The fourth-order valence-corrected chi connectivity index (χ4v) is 3.26. The van der Waals surface area contributed by atoms with Crippen molar-refractivity contribution in [3.8, 4) is 0 Å². The third kappa shape index (κ3) is 4.46. The van der Waals surface area contributed by atoms with E-state index in [-0.39, 0.29) is 27.4 Å². The zero-order chi connectivity index (χ0) is 18.0. The SMILES string of the molecule is N=C(Nc1ccc(F)c(Br)c1)c1nonc1NCC1(N[S+](N)[O-])CC1. The van der Waals surface area contributed by atoms with Crippen molar-refractivity contribution in [1.29, 1.82) is 5.41 Å². The molecule has 1 aromatic heterocycles. The second kappa shape index (κ2) is 7.25.